The van der Waals surface area contributed by atoms with E-state index in [1.165, 1.54) is 28.3 Å². The van der Waals surface area contributed by atoms with Crippen LogP contribution < -0.4 is 10.9 Å². The van der Waals surface area contributed by atoms with Crippen LogP contribution in [0.2, 0.25) is 0 Å². The van der Waals surface area contributed by atoms with E-state index in [0.717, 1.165) is 4.88 Å². The number of aromatic nitrogens is 2. The molecule has 22 heavy (non-hydrogen) atoms. The van der Waals surface area contributed by atoms with Gasteiger partial charge in [-0.05, 0) is 29.0 Å². The van der Waals surface area contributed by atoms with Gasteiger partial charge in [0.2, 0.25) is 5.91 Å². The van der Waals surface area contributed by atoms with Crippen LogP contribution in [0.5, 0.6) is 0 Å². The zero-order valence-corrected chi connectivity index (χ0v) is 13.2. The molecule has 0 aliphatic heterocycles. The summed E-state index contributed by atoms with van der Waals surface area (Å²) >= 11 is 2.95. The lowest BCUT2D eigenvalue weighted by Gasteiger charge is -2.05. The minimum absolute atomic E-state index is 0.0663. The first-order valence-corrected chi connectivity index (χ1v) is 8.42. The van der Waals surface area contributed by atoms with Gasteiger partial charge in [-0.2, -0.15) is 0 Å². The van der Waals surface area contributed by atoms with Crippen molar-refractivity contribution in [2.45, 2.75) is 6.54 Å². The number of carbonyl (C=O) groups is 1. The van der Waals surface area contributed by atoms with Crippen LogP contribution in [0.15, 0.2) is 46.2 Å². The molecule has 1 N–H and O–H groups in total. The van der Waals surface area contributed by atoms with Crippen molar-refractivity contribution in [2.24, 2.45) is 0 Å². The summed E-state index contributed by atoms with van der Waals surface area (Å²) in [4.78, 5) is 29.1. The molecule has 7 heteroatoms. The van der Waals surface area contributed by atoms with E-state index in [-0.39, 0.29) is 11.5 Å². The van der Waals surface area contributed by atoms with Crippen LogP contribution in [0.4, 0.5) is 0 Å². The fourth-order valence-corrected chi connectivity index (χ4v) is 3.35. The number of hydrogen-bond acceptors (Lipinski definition) is 5. The van der Waals surface area contributed by atoms with Crippen LogP contribution >= 0.6 is 22.7 Å². The lowest BCUT2D eigenvalue weighted by Crippen LogP contribution is -2.29. The molecule has 0 aliphatic carbocycles. The fraction of sp³-hybridized carbons (Fsp3) is 0.133. The number of fused-ring (bicyclic) bond motifs is 1. The molecule has 1 amide bonds. The maximum absolute atomic E-state index is 12.2. The summed E-state index contributed by atoms with van der Waals surface area (Å²) in [7, 11) is 0. The van der Waals surface area contributed by atoms with Gasteiger partial charge in [0, 0.05) is 24.0 Å². The van der Waals surface area contributed by atoms with Gasteiger partial charge in [-0.1, -0.05) is 6.07 Å². The van der Waals surface area contributed by atoms with Crippen molar-refractivity contribution in [3.63, 3.8) is 0 Å². The van der Waals surface area contributed by atoms with E-state index in [1.54, 1.807) is 17.4 Å². The third-order valence-corrected chi connectivity index (χ3v) is 4.76. The first-order chi connectivity index (χ1) is 10.7. The zero-order valence-electron chi connectivity index (χ0n) is 11.6. The Kier molecular flexibility index (Phi) is 4.45. The highest BCUT2D eigenvalue weighted by atomic mass is 32.1. The molecule has 0 atom stereocenters. The van der Waals surface area contributed by atoms with Crippen LogP contribution in [0.1, 0.15) is 4.88 Å². The van der Waals surface area contributed by atoms with Crippen molar-refractivity contribution in [1.29, 1.82) is 0 Å². The number of thiophene rings is 2. The van der Waals surface area contributed by atoms with Crippen molar-refractivity contribution < 1.29 is 4.79 Å². The molecule has 0 fully saturated rings. The van der Waals surface area contributed by atoms with Crippen LogP contribution in [-0.2, 0) is 11.3 Å². The van der Waals surface area contributed by atoms with Crippen molar-refractivity contribution in [3.05, 3.63) is 56.6 Å². The Labute approximate surface area is 134 Å². The monoisotopic (exact) mass is 331 g/mol. The van der Waals surface area contributed by atoms with Gasteiger partial charge in [-0.15, -0.1) is 22.7 Å². The predicted octanol–water partition coefficient (Wildman–Crippen LogP) is 2.35. The largest absolute Gasteiger partial charge is 0.351 e. The van der Waals surface area contributed by atoms with E-state index < -0.39 is 0 Å². The van der Waals surface area contributed by atoms with Crippen LogP contribution in [0.25, 0.3) is 16.3 Å². The average molecular weight is 331 g/mol. The number of carbonyl (C=O) groups excluding carboxylic acids is 1. The summed E-state index contributed by atoms with van der Waals surface area (Å²) in [5.41, 5.74) is 0.651. The van der Waals surface area contributed by atoms with Crippen molar-refractivity contribution in [2.75, 3.05) is 6.54 Å². The second-order valence-corrected chi connectivity index (χ2v) is 6.41. The Morgan fingerprint density at radius 3 is 3.05 bits per heavy atom. The molecule has 0 spiro atoms. The summed E-state index contributed by atoms with van der Waals surface area (Å²) in [6.07, 6.45) is 4.78. The van der Waals surface area contributed by atoms with Crippen LogP contribution in [-0.4, -0.2) is 22.0 Å². The highest BCUT2D eigenvalue weighted by Gasteiger charge is 2.05. The summed E-state index contributed by atoms with van der Waals surface area (Å²) < 4.78 is 2.16. The highest BCUT2D eigenvalue weighted by molar-refractivity contribution is 7.17. The zero-order chi connectivity index (χ0) is 15.4. The Morgan fingerprint density at radius 1 is 1.32 bits per heavy atom. The molecule has 3 heterocycles. The summed E-state index contributed by atoms with van der Waals surface area (Å²) in [6, 6.07) is 5.70. The molecule has 0 aromatic carbocycles. The number of rotatable bonds is 5. The maximum Gasteiger partial charge on any atom is 0.271 e. The molecular formula is C15H13N3O2S2. The van der Waals surface area contributed by atoms with Crippen molar-refractivity contribution in [3.8, 4) is 0 Å². The normalized spacial score (nSPS) is 11.3. The summed E-state index contributed by atoms with van der Waals surface area (Å²) in [5.74, 6) is -0.174. The van der Waals surface area contributed by atoms with Gasteiger partial charge in [-0.3, -0.25) is 14.2 Å². The second kappa shape index (κ2) is 6.67. The van der Waals surface area contributed by atoms with Crippen LogP contribution in [0.3, 0.4) is 0 Å². The van der Waals surface area contributed by atoms with Gasteiger partial charge in [0.05, 0.1) is 11.8 Å². The first-order valence-electron chi connectivity index (χ1n) is 6.66. The average Bonchev–Trinajstić information content (AvgIpc) is 3.18. The van der Waals surface area contributed by atoms with Gasteiger partial charge in [-0.25, -0.2) is 4.98 Å². The lowest BCUT2D eigenvalue weighted by molar-refractivity contribution is -0.116. The number of amides is 1. The Balaban J connectivity index is 1.57. The van der Waals surface area contributed by atoms with Gasteiger partial charge in [0.15, 0.2) is 0 Å². The molecule has 0 aliphatic rings. The Morgan fingerprint density at radius 2 is 2.23 bits per heavy atom. The van der Waals surface area contributed by atoms with E-state index in [0.29, 0.717) is 23.3 Å². The van der Waals surface area contributed by atoms with E-state index in [4.69, 9.17) is 0 Å². The van der Waals surface area contributed by atoms with Gasteiger partial charge in [0.25, 0.3) is 5.56 Å². The summed E-state index contributed by atoms with van der Waals surface area (Å²) in [5, 5.41) is 6.56. The third kappa shape index (κ3) is 3.32. The number of nitrogens with one attached hydrogen (secondary N) is 1. The standard InChI is InChI=1S/C15H13N3O2S2/c19-13(4-3-11-2-1-8-21-11)16-6-7-18-10-17-12-5-9-22-14(12)15(18)20/h1-5,8-10H,6-7H2,(H,16,19)/b4-3+. The number of hydrogen-bond donors (Lipinski definition) is 1. The molecule has 3 aromatic rings. The fourth-order valence-electron chi connectivity index (χ4n) is 1.94. The topological polar surface area (TPSA) is 64.0 Å². The van der Waals surface area contributed by atoms with E-state index in [2.05, 4.69) is 10.3 Å². The quantitative estimate of drug-likeness (QED) is 0.730. The first kappa shape index (κ1) is 14.7. The van der Waals surface area contributed by atoms with E-state index in [1.807, 2.05) is 29.0 Å². The third-order valence-electron chi connectivity index (χ3n) is 3.03. The van der Waals surface area contributed by atoms with Crippen molar-refractivity contribution in [1.82, 2.24) is 14.9 Å². The molecule has 0 bridgehead atoms. The van der Waals surface area contributed by atoms with Crippen LogP contribution in [0, 0.1) is 0 Å². The lowest BCUT2D eigenvalue weighted by atomic mass is 10.4. The van der Waals surface area contributed by atoms with Gasteiger partial charge < -0.3 is 5.32 Å². The maximum atomic E-state index is 12.2. The smallest absolute Gasteiger partial charge is 0.271 e. The minimum atomic E-state index is -0.174. The minimum Gasteiger partial charge on any atom is -0.351 e. The molecule has 0 saturated heterocycles. The molecule has 5 nitrogen and oxygen atoms in total. The molecule has 0 saturated carbocycles. The Hall–Kier alpha value is -2.25. The van der Waals surface area contributed by atoms with Crippen molar-refractivity contribution >= 4 is 44.9 Å². The highest BCUT2D eigenvalue weighted by Crippen LogP contribution is 2.13. The van der Waals surface area contributed by atoms with E-state index in [9.17, 15) is 9.59 Å². The molecule has 0 radical (unpaired) electrons. The second-order valence-electron chi connectivity index (χ2n) is 4.52. The van der Waals surface area contributed by atoms with E-state index >= 15 is 0 Å². The number of nitrogens with zero attached hydrogens (tertiary/aromatic N) is 2. The summed E-state index contributed by atoms with van der Waals surface area (Å²) in [6.45, 7) is 0.782. The molecule has 3 aromatic heterocycles. The molecular weight excluding hydrogens is 318 g/mol. The van der Waals surface area contributed by atoms with Gasteiger partial charge in [0.1, 0.15) is 4.70 Å². The SMILES string of the molecule is O=C(/C=C/c1cccs1)NCCn1cnc2ccsc2c1=O. The predicted molar refractivity (Wildman–Crippen MR) is 90.2 cm³/mol. The molecule has 112 valence electrons. The Bertz CT molecular complexity index is 862. The molecule has 3 rings (SSSR count). The molecule has 0 unspecified atom stereocenters. The van der Waals surface area contributed by atoms with Gasteiger partial charge >= 0.3 is 0 Å².